The summed E-state index contributed by atoms with van der Waals surface area (Å²) in [7, 11) is 0. The van der Waals surface area contributed by atoms with Crippen LogP contribution >= 0.6 is 23.1 Å². The summed E-state index contributed by atoms with van der Waals surface area (Å²) >= 11 is 3.04. The highest BCUT2D eigenvalue weighted by Crippen LogP contribution is 2.34. The van der Waals surface area contributed by atoms with Gasteiger partial charge in [-0.15, -0.1) is 11.3 Å². The Kier molecular flexibility index (Phi) is 6.24. The summed E-state index contributed by atoms with van der Waals surface area (Å²) in [5.41, 5.74) is 1.96. The molecule has 2 aromatic heterocycles. The summed E-state index contributed by atoms with van der Waals surface area (Å²) in [4.78, 5) is 35.4. The normalized spacial score (nSPS) is 11.5. The molecule has 3 aromatic rings. The van der Waals surface area contributed by atoms with Crippen molar-refractivity contribution >= 4 is 56.5 Å². The number of anilines is 2. The van der Waals surface area contributed by atoms with Crippen molar-refractivity contribution < 1.29 is 9.59 Å². The van der Waals surface area contributed by atoms with Crippen LogP contribution in [-0.4, -0.2) is 27.5 Å². The summed E-state index contributed by atoms with van der Waals surface area (Å²) in [6.45, 7) is 9.68. The van der Waals surface area contributed by atoms with Crippen molar-refractivity contribution in [2.45, 2.75) is 39.6 Å². The first-order chi connectivity index (χ1) is 13.6. The highest BCUT2D eigenvalue weighted by atomic mass is 32.2. The van der Waals surface area contributed by atoms with Crippen LogP contribution in [0.25, 0.3) is 10.2 Å². The molecule has 1 aromatic carbocycles. The van der Waals surface area contributed by atoms with Crippen molar-refractivity contribution in [1.29, 1.82) is 0 Å². The van der Waals surface area contributed by atoms with E-state index in [-0.39, 0.29) is 17.6 Å². The lowest BCUT2D eigenvalue weighted by molar-refractivity contribution is -0.123. The Balaban J connectivity index is 1.65. The van der Waals surface area contributed by atoms with Gasteiger partial charge in [0.05, 0.1) is 5.75 Å². The first-order valence-corrected chi connectivity index (χ1v) is 11.0. The van der Waals surface area contributed by atoms with Gasteiger partial charge >= 0.3 is 0 Å². The SMILES string of the molecule is Cc1sc2ncnc(SCC(=O)Nc3cccc(NC(=O)C(C)(C)C)c3)c2c1C. The van der Waals surface area contributed by atoms with Gasteiger partial charge in [-0.2, -0.15) is 0 Å². The molecule has 0 radical (unpaired) electrons. The van der Waals surface area contributed by atoms with Gasteiger partial charge in [0.1, 0.15) is 16.2 Å². The number of amides is 2. The standard InChI is InChI=1S/C21H24N4O2S2/c1-12-13(2)29-19-17(12)18(22-11-23-19)28-10-16(26)24-14-7-6-8-15(9-14)25-20(27)21(3,4)5/h6-9,11H,10H2,1-5H3,(H,24,26)(H,25,27). The lowest BCUT2D eigenvalue weighted by Crippen LogP contribution is -2.27. The Morgan fingerprint density at radius 1 is 1.10 bits per heavy atom. The van der Waals surface area contributed by atoms with Gasteiger partial charge < -0.3 is 10.6 Å². The van der Waals surface area contributed by atoms with Crippen molar-refractivity contribution in [3.63, 3.8) is 0 Å². The third kappa shape index (κ3) is 5.13. The molecule has 6 nitrogen and oxygen atoms in total. The molecule has 8 heteroatoms. The maximum Gasteiger partial charge on any atom is 0.234 e. The summed E-state index contributed by atoms with van der Waals surface area (Å²) in [5, 5.41) is 7.60. The molecule has 2 N–H and O–H groups in total. The number of aryl methyl sites for hydroxylation is 2. The molecule has 0 unspecified atom stereocenters. The number of hydrogen-bond acceptors (Lipinski definition) is 6. The molecule has 0 saturated heterocycles. The van der Waals surface area contributed by atoms with Gasteiger partial charge in [0, 0.05) is 27.1 Å². The Morgan fingerprint density at radius 2 is 1.79 bits per heavy atom. The fourth-order valence-electron chi connectivity index (χ4n) is 2.58. The number of aromatic nitrogens is 2. The lowest BCUT2D eigenvalue weighted by Gasteiger charge is -2.18. The Morgan fingerprint density at radius 3 is 2.48 bits per heavy atom. The largest absolute Gasteiger partial charge is 0.326 e. The predicted octanol–water partition coefficient (Wildman–Crippen LogP) is 5.02. The van der Waals surface area contributed by atoms with Gasteiger partial charge in [0.15, 0.2) is 0 Å². The fraction of sp³-hybridized carbons (Fsp3) is 0.333. The maximum atomic E-state index is 12.4. The molecule has 2 heterocycles. The molecule has 0 aliphatic carbocycles. The van der Waals surface area contributed by atoms with Gasteiger partial charge in [-0.3, -0.25) is 9.59 Å². The molecule has 152 valence electrons. The smallest absolute Gasteiger partial charge is 0.234 e. The number of rotatable bonds is 5. The number of nitrogens with zero attached hydrogens (tertiary/aromatic N) is 2. The van der Waals surface area contributed by atoms with Crippen LogP contribution in [0.3, 0.4) is 0 Å². The third-order valence-corrected chi connectivity index (χ3v) is 6.46. The van der Waals surface area contributed by atoms with Gasteiger partial charge in [-0.05, 0) is 37.6 Å². The van der Waals surface area contributed by atoms with Crippen LogP contribution in [0.15, 0.2) is 35.6 Å². The number of thiophene rings is 1. The number of thioether (sulfide) groups is 1. The first kappa shape index (κ1) is 21.3. The van der Waals surface area contributed by atoms with Gasteiger partial charge in [0.2, 0.25) is 11.8 Å². The van der Waals surface area contributed by atoms with Crippen LogP contribution in [0.5, 0.6) is 0 Å². The van der Waals surface area contributed by atoms with Crippen molar-refractivity contribution in [3.05, 3.63) is 41.0 Å². The lowest BCUT2D eigenvalue weighted by atomic mass is 9.95. The number of benzene rings is 1. The number of fused-ring (bicyclic) bond motifs is 1. The van der Waals surface area contributed by atoms with Gasteiger partial charge in [0.25, 0.3) is 0 Å². The average molecular weight is 429 g/mol. The number of carbonyl (C=O) groups is 2. The summed E-state index contributed by atoms with van der Waals surface area (Å²) in [6.07, 6.45) is 1.54. The Hall–Kier alpha value is -2.45. The minimum absolute atomic E-state index is 0.0780. The van der Waals surface area contributed by atoms with E-state index in [0.717, 1.165) is 20.8 Å². The van der Waals surface area contributed by atoms with E-state index in [1.54, 1.807) is 41.9 Å². The van der Waals surface area contributed by atoms with Crippen LogP contribution in [-0.2, 0) is 9.59 Å². The highest BCUT2D eigenvalue weighted by Gasteiger charge is 2.21. The molecular formula is C21H24N4O2S2. The van der Waals surface area contributed by atoms with E-state index < -0.39 is 5.41 Å². The molecule has 2 amide bonds. The van der Waals surface area contributed by atoms with E-state index >= 15 is 0 Å². The van der Waals surface area contributed by atoms with E-state index in [4.69, 9.17) is 0 Å². The average Bonchev–Trinajstić information content (AvgIpc) is 2.94. The Labute approximate surface area is 178 Å². The summed E-state index contributed by atoms with van der Waals surface area (Å²) in [5.74, 6) is 0.0235. The first-order valence-electron chi connectivity index (χ1n) is 9.20. The maximum absolute atomic E-state index is 12.4. The zero-order chi connectivity index (χ0) is 21.2. The summed E-state index contributed by atoms with van der Waals surface area (Å²) < 4.78 is 0. The molecular weight excluding hydrogens is 404 g/mol. The highest BCUT2D eigenvalue weighted by molar-refractivity contribution is 8.00. The molecule has 29 heavy (non-hydrogen) atoms. The molecule has 0 saturated carbocycles. The molecule has 3 rings (SSSR count). The van der Waals surface area contributed by atoms with Crippen LogP contribution in [0, 0.1) is 19.3 Å². The summed E-state index contributed by atoms with van der Waals surface area (Å²) in [6, 6.07) is 7.14. The van der Waals surface area contributed by atoms with Crippen LogP contribution in [0.1, 0.15) is 31.2 Å². The van der Waals surface area contributed by atoms with E-state index in [1.165, 1.54) is 16.6 Å². The number of nitrogens with one attached hydrogen (secondary N) is 2. The second kappa shape index (κ2) is 8.51. The molecule has 0 bridgehead atoms. The van der Waals surface area contributed by atoms with Crippen molar-refractivity contribution in [3.8, 4) is 0 Å². The second-order valence-corrected chi connectivity index (χ2v) is 9.93. The van der Waals surface area contributed by atoms with Crippen LogP contribution in [0.4, 0.5) is 11.4 Å². The molecule has 0 atom stereocenters. The second-order valence-electron chi connectivity index (χ2n) is 7.76. The third-order valence-electron chi connectivity index (χ3n) is 4.36. The van der Waals surface area contributed by atoms with Gasteiger partial charge in [-0.25, -0.2) is 9.97 Å². The monoisotopic (exact) mass is 428 g/mol. The Bertz CT molecular complexity index is 1070. The quantitative estimate of drug-likeness (QED) is 0.440. The van der Waals surface area contributed by atoms with Gasteiger partial charge in [-0.1, -0.05) is 38.6 Å². The minimum atomic E-state index is -0.489. The zero-order valence-corrected chi connectivity index (χ0v) is 18.8. The predicted molar refractivity (Wildman–Crippen MR) is 121 cm³/mol. The number of hydrogen-bond donors (Lipinski definition) is 2. The van der Waals surface area contributed by atoms with E-state index in [9.17, 15) is 9.59 Å². The van der Waals surface area contributed by atoms with Crippen molar-refractivity contribution in [2.75, 3.05) is 16.4 Å². The zero-order valence-electron chi connectivity index (χ0n) is 17.1. The van der Waals surface area contributed by atoms with Crippen molar-refractivity contribution in [2.24, 2.45) is 5.41 Å². The molecule has 0 fully saturated rings. The van der Waals surface area contributed by atoms with Crippen molar-refractivity contribution in [1.82, 2.24) is 9.97 Å². The van der Waals surface area contributed by atoms with Crippen LogP contribution < -0.4 is 10.6 Å². The molecule has 0 aliphatic rings. The van der Waals surface area contributed by atoms with Crippen LogP contribution in [0.2, 0.25) is 0 Å². The van der Waals surface area contributed by atoms with E-state index in [0.29, 0.717) is 11.4 Å². The molecule has 0 spiro atoms. The molecule has 0 aliphatic heterocycles. The minimum Gasteiger partial charge on any atom is -0.326 e. The fourth-order valence-corrected chi connectivity index (χ4v) is 4.50. The topological polar surface area (TPSA) is 84.0 Å². The van der Waals surface area contributed by atoms with E-state index in [1.807, 2.05) is 20.8 Å². The van der Waals surface area contributed by atoms with E-state index in [2.05, 4.69) is 34.4 Å². The number of carbonyl (C=O) groups excluding carboxylic acids is 2.